The van der Waals surface area contributed by atoms with Gasteiger partial charge in [0, 0.05) is 19.1 Å². The predicted molar refractivity (Wildman–Crippen MR) is 136 cm³/mol. The van der Waals surface area contributed by atoms with Gasteiger partial charge in [0.2, 0.25) is 5.91 Å². The van der Waals surface area contributed by atoms with E-state index < -0.39 is 5.54 Å². The summed E-state index contributed by atoms with van der Waals surface area (Å²) in [5, 5.41) is 3.36. The van der Waals surface area contributed by atoms with E-state index in [4.69, 9.17) is 4.42 Å². The van der Waals surface area contributed by atoms with Crippen molar-refractivity contribution >= 4 is 11.8 Å². The van der Waals surface area contributed by atoms with Gasteiger partial charge in [-0.1, -0.05) is 38.5 Å². The number of amides is 2. The van der Waals surface area contributed by atoms with Gasteiger partial charge in [0.25, 0.3) is 5.91 Å². The molecule has 7 heteroatoms. The quantitative estimate of drug-likeness (QED) is 0.610. The molecule has 1 N–H and O–H groups in total. The Labute approximate surface area is 208 Å². The molecular formula is C28H40N4O3. The fourth-order valence-corrected chi connectivity index (χ4v) is 6.13. The molecule has 190 valence electrons. The lowest BCUT2D eigenvalue weighted by atomic mass is 9.93. The molecule has 3 aliphatic rings. The third kappa shape index (κ3) is 5.06. The van der Waals surface area contributed by atoms with E-state index in [2.05, 4.69) is 10.2 Å². The summed E-state index contributed by atoms with van der Waals surface area (Å²) >= 11 is 0. The van der Waals surface area contributed by atoms with Crippen molar-refractivity contribution in [3.05, 3.63) is 36.2 Å². The third-order valence-electron chi connectivity index (χ3n) is 8.30. The zero-order valence-electron chi connectivity index (χ0n) is 21.1. The van der Waals surface area contributed by atoms with E-state index in [1.54, 1.807) is 6.26 Å². The molecule has 1 aliphatic carbocycles. The highest BCUT2D eigenvalue weighted by Gasteiger charge is 2.48. The summed E-state index contributed by atoms with van der Waals surface area (Å²) in [5.41, 5.74) is 0.522. The second-order valence-corrected chi connectivity index (χ2v) is 10.8. The average Bonchev–Trinajstić information content (AvgIpc) is 3.35. The van der Waals surface area contributed by atoms with Crippen LogP contribution in [0, 0.1) is 0 Å². The Morgan fingerprint density at radius 1 is 0.971 bits per heavy atom. The fraction of sp³-hybridized carbons (Fsp3) is 0.643. The number of nitrogens with zero attached hydrogens (tertiary/aromatic N) is 3. The Balaban J connectivity index is 1.42. The minimum absolute atomic E-state index is 0.0293. The fourth-order valence-electron chi connectivity index (χ4n) is 6.13. The van der Waals surface area contributed by atoms with Gasteiger partial charge >= 0.3 is 0 Å². The molecule has 2 fully saturated rings. The van der Waals surface area contributed by atoms with Crippen LogP contribution in [0.4, 0.5) is 0 Å². The number of likely N-dealkylation sites (tertiary alicyclic amines) is 1. The number of hydrogen-bond acceptors (Lipinski definition) is 4. The minimum atomic E-state index is -0.956. The summed E-state index contributed by atoms with van der Waals surface area (Å²) in [7, 11) is 0. The molecule has 35 heavy (non-hydrogen) atoms. The summed E-state index contributed by atoms with van der Waals surface area (Å²) in [6.45, 7) is 5.90. The first-order valence-corrected chi connectivity index (χ1v) is 13.6. The predicted octanol–water partition coefficient (Wildman–Crippen LogP) is 4.68. The molecule has 2 aromatic heterocycles. The zero-order chi connectivity index (χ0) is 24.3. The van der Waals surface area contributed by atoms with Gasteiger partial charge in [-0.2, -0.15) is 0 Å². The number of rotatable bonds is 6. The zero-order valence-corrected chi connectivity index (χ0v) is 21.1. The molecule has 0 unspecified atom stereocenters. The van der Waals surface area contributed by atoms with E-state index in [1.807, 2.05) is 40.7 Å². The molecule has 0 aromatic carbocycles. The van der Waals surface area contributed by atoms with Crippen LogP contribution in [0.5, 0.6) is 0 Å². The molecule has 5 rings (SSSR count). The molecule has 2 aliphatic heterocycles. The van der Waals surface area contributed by atoms with Crippen LogP contribution in [0.25, 0.3) is 11.5 Å². The molecule has 1 saturated carbocycles. The van der Waals surface area contributed by atoms with Gasteiger partial charge < -0.3 is 24.1 Å². The van der Waals surface area contributed by atoms with Crippen molar-refractivity contribution in [2.24, 2.45) is 0 Å². The molecule has 7 nitrogen and oxygen atoms in total. The number of furan rings is 1. The van der Waals surface area contributed by atoms with E-state index in [9.17, 15) is 9.59 Å². The molecule has 1 saturated heterocycles. The lowest BCUT2D eigenvalue weighted by Crippen LogP contribution is -2.65. The Morgan fingerprint density at radius 2 is 1.66 bits per heavy atom. The van der Waals surface area contributed by atoms with E-state index in [0.29, 0.717) is 24.5 Å². The Bertz CT molecular complexity index is 998. The summed E-state index contributed by atoms with van der Waals surface area (Å²) in [6.07, 6.45) is 13.5. The third-order valence-corrected chi connectivity index (χ3v) is 8.30. The lowest BCUT2D eigenvalue weighted by Gasteiger charge is -2.45. The minimum Gasteiger partial charge on any atom is -0.463 e. The van der Waals surface area contributed by atoms with E-state index >= 15 is 0 Å². The van der Waals surface area contributed by atoms with Crippen LogP contribution in [0.15, 0.2) is 34.9 Å². The van der Waals surface area contributed by atoms with Crippen molar-refractivity contribution in [2.45, 2.75) is 89.3 Å². The summed E-state index contributed by atoms with van der Waals surface area (Å²) < 4.78 is 7.64. The van der Waals surface area contributed by atoms with Gasteiger partial charge in [-0.05, 0) is 70.0 Å². The number of aromatic nitrogens is 1. The summed E-state index contributed by atoms with van der Waals surface area (Å²) in [4.78, 5) is 32.1. The molecule has 2 amide bonds. The van der Waals surface area contributed by atoms with Crippen molar-refractivity contribution in [3.63, 3.8) is 0 Å². The van der Waals surface area contributed by atoms with E-state index in [-0.39, 0.29) is 17.9 Å². The number of carbonyl (C=O) groups is 2. The Kier molecular flexibility index (Phi) is 7.32. The number of carbonyl (C=O) groups excluding carboxylic acids is 2. The Hall–Kier alpha value is -2.54. The van der Waals surface area contributed by atoms with Crippen LogP contribution >= 0.6 is 0 Å². The maximum atomic E-state index is 13.9. The molecule has 0 spiro atoms. The maximum absolute atomic E-state index is 13.9. The molecule has 2 aromatic rings. The highest BCUT2D eigenvalue weighted by Crippen LogP contribution is 2.33. The number of hydrogen-bond donors (Lipinski definition) is 1. The van der Waals surface area contributed by atoms with Gasteiger partial charge in [0.15, 0.2) is 0 Å². The normalized spacial score (nSPS) is 24.6. The second kappa shape index (κ2) is 10.6. The smallest absolute Gasteiger partial charge is 0.271 e. The van der Waals surface area contributed by atoms with Crippen molar-refractivity contribution in [1.82, 2.24) is 19.7 Å². The van der Waals surface area contributed by atoms with E-state index in [0.717, 1.165) is 51.0 Å². The number of fused-ring (bicyclic) bond motifs is 1. The van der Waals surface area contributed by atoms with Gasteiger partial charge in [0.1, 0.15) is 17.0 Å². The standard InChI is InChI=1S/C28H40N4O3/c1-28(27(34)29-22-11-6-2-3-7-12-22)21-31-23(25-13-10-20-35-25)14-15-24(31)26(33)32(28)19-18-30-16-8-4-5-9-17-30/h10,13-15,20,22H,2-9,11-12,16-19,21H2,1H3,(H,29,34)/t28-/m1/s1. The van der Waals surface area contributed by atoms with Crippen molar-refractivity contribution < 1.29 is 14.0 Å². The molecule has 0 bridgehead atoms. The van der Waals surface area contributed by atoms with Crippen LogP contribution in [0.2, 0.25) is 0 Å². The van der Waals surface area contributed by atoms with Crippen LogP contribution in [-0.2, 0) is 11.3 Å². The van der Waals surface area contributed by atoms with Gasteiger partial charge in [-0.3, -0.25) is 9.59 Å². The van der Waals surface area contributed by atoms with Gasteiger partial charge in [-0.25, -0.2) is 0 Å². The molecule has 1 atom stereocenters. The SMILES string of the molecule is C[C@]1(C(=O)NC2CCCCCC2)Cn2c(ccc2-c2ccco2)C(=O)N1CCN1CCCCCC1. The summed E-state index contributed by atoms with van der Waals surface area (Å²) in [5.74, 6) is 0.620. The van der Waals surface area contributed by atoms with Gasteiger partial charge in [-0.15, -0.1) is 0 Å². The maximum Gasteiger partial charge on any atom is 0.271 e. The van der Waals surface area contributed by atoms with E-state index in [1.165, 1.54) is 38.5 Å². The highest BCUT2D eigenvalue weighted by molar-refractivity contribution is 6.00. The molecule has 0 radical (unpaired) electrons. The molecule has 4 heterocycles. The van der Waals surface area contributed by atoms with Crippen LogP contribution in [0.1, 0.15) is 81.6 Å². The lowest BCUT2D eigenvalue weighted by molar-refractivity contribution is -0.133. The molecular weight excluding hydrogens is 440 g/mol. The first-order valence-electron chi connectivity index (χ1n) is 13.6. The second-order valence-electron chi connectivity index (χ2n) is 10.8. The van der Waals surface area contributed by atoms with Crippen LogP contribution in [-0.4, -0.2) is 63.9 Å². The first kappa shape index (κ1) is 24.2. The van der Waals surface area contributed by atoms with Gasteiger partial charge in [0.05, 0.1) is 18.5 Å². The van der Waals surface area contributed by atoms with Crippen LogP contribution < -0.4 is 5.32 Å². The van der Waals surface area contributed by atoms with Crippen LogP contribution in [0.3, 0.4) is 0 Å². The Morgan fingerprint density at radius 3 is 2.34 bits per heavy atom. The van der Waals surface area contributed by atoms with Crippen molar-refractivity contribution in [3.8, 4) is 11.5 Å². The van der Waals surface area contributed by atoms with Crippen molar-refractivity contribution in [1.29, 1.82) is 0 Å². The monoisotopic (exact) mass is 480 g/mol. The number of nitrogens with one attached hydrogen (secondary N) is 1. The highest BCUT2D eigenvalue weighted by atomic mass is 16.3. The topological polar surface area (TPSA) is 70.7 Å². The largest absolute Gasteiger partial charge is 0.463 e. The summed E-state index contributed by atoms with van der Waals surface area (Å²) in [6, 6.07) is 7.77. The van der Waals surface area contributed by atoms with Crippen molar-refractivity contribution in [2.75, 3.05) is 26.2 Å². The first-order chi connectivity index (χ1) is 17.1. The average molecular weight is 481 g/mol.